The number of hydrogen-bond acceptors (Lipinski definition) is 8. The number of unbranched alkanes of at least 4 members (excludes halogenated alkanes) is 2. The van der Waals surface area contributed by atoms with E-state index in [2.05, 4.69) is 0 Å². The minimum absolute atomic E-state index is 0.000317. The lowest BCUT2D eigenvalue weighted by Gasteiger charge is -2.34. The number of nitrogens with two attached hydrogens (primary N) is 1. The van der Waals surface area contributed by atoms with Crippen LogP contribution in [0.5, 0.6) is 0 Å². The number of rotatable bonds is 13. The Balaban J connectivity index is 5.51. The second-order valence-corrected chi connectivity index (χ2v) is 7.46. The zero-order chi connectivity index (χ0) is 21.8. The summed E-state index contributed by atoms with van der Waals surface area (Å²) in [5, 5.41) is 0. The normalized spacial score (nSPS) is 13.0. The minimum atomic E-state index is -2.11. The van der Waals surface area contributed by atoms with Gasteiger partial charge in [0.25, 0.3) is 5.60 Å². The number of ether oxygens (including phenoxy) is 4. The van der Waals surface area contributed by atoms with Crippen LogP contribution in [0.4, 0.5) is 0 Å². The Labute approximate surface area is 168 Å². The van der Waals surface area contributed by atoms with Crippen LogP contribution in [-0.4, -0.2) is 55.0 Å². The maximum atomic E-state index is 12.7. The summed E-state index contributed by atoms with van der Waals surface area (Å²) in [6.07, 6.45) is 2.39. The Hall–Kier alpha value is -1.67. The number of hydrogen-bond donors (Lipinski definition) is 1. The van der Waals surface area contributed by atoms with Crippen molar-refractivity contribution in [1.82, 2.24) is 0 Å². The molecule has 0 spiro atoms. The Morgan fingerprint density at radius 2 is 1.46 bits per heavy atom. The molecular formula is C20H37NO7. The number of carbonyl (C=O) groups excluding carboxylic acids is 3. The van der Waals surface area contributed by atoms with Crippen LogP contribution in [0.2, 0.25) is 0 Å². The van der Waals surface area contributed by atoms with Gasteiger partial charge in [0.2, 0.25) is 0 Å². The predicted molar refractivity (Wildman–Crippen MR) is 105 cm³/mol. The Morgan fingerprint density at radius 3 is 1.89 bits per heavy atom. The van der Waals surface area contributed by atoms with Gasteiger partial charge in [0, 0.05) is 13.0 Å². The van der Waals surface area contributed by atoms with Crippen LogP contribution in [-0.2, 0) is 33.3 Å². The monoisotopic (exact) mass is 403 g/mol. The van der Waals surface area contributed by atoms with Crippen molar-refractivity contribution in [3.05, 3.63) is 0 Å². The summed E-state index contributed by atoms with van der Waals surface area (Å²) in [5.41, 5.74) is 3.46. The molecule has 0 aromatic rings. The first-order valence-electron chi connectivity index (χ1n) is 10.0. The van der Waals surface area contributed by atoms with Crippen LogP contribution in [0.3, 0.4) is 0 Å². The maximum absolute atomic E-state index is 12.7. The molecule has 0 saturated carbocycles. The van der Waals surface area contributed by atoms with E-state index in [4.69, 9.17) is 24.7 Å². The fraction of sp³-hybridized carbons (Fsp3) is 0.850. The summed E-state index contributed by atoms with van der Waals surface area (Å²) in [4.78, 5) is 37.5. The third kappa shape index (κ3) is 8.56. The molecule has 164 valence electrons. The van der Waals surface area contributed by atoms with Crippen molar-refractivity contribution in [2.24, 2.45) is 5.73 Å². The van der Waals surface area contributed by atoms with Crippen LogP contribution >= 0.6 is 0 Å². The molecule has 0 aromatic heterocycles. The highest BCUT2D eigenvalue weighted by atomic mass is 16.6. The second-order valence-electron chi connectivity index (χ2n) is 7.46. The first-order valence-corrected chi connectivity index (χ1v) is 10.0. The third-order valence-electron chi connectivity index (χ3n) is 3.84. The van der Waals surface area contributed by atoms with Crippen LogP contribution in [0.15, 0.2) is 0 Å². The van der Waals surface area contributed by atoms with Crippen molar-refractivity contribution >= 4 is 17.9 Å². The molecule has 0 aliphatic heterocycles. The highest BCUT2D eigenvalue weighted by molar-refractivity contribution is 6.04. The highest BCUT2D eigenvalue weighted by Crippen LogP contribution is 2.25. The van der Waals surface area contributed by atoms with Gasteiger partial charge in [-0.1, -0.05) is 19.8 Å². The molecule has 28 heavy (non-hydrogen) atoms. The molecule has 0 aromatic carbocycles. The van der Waals surface area contributed by atoms with Gasteiger partial charge in [-0.25, -0.2) is 9.59 Å². The van der Waals surface area contributed by atoms with Crippen molar-refractivity contribution in [2.75, 3.05) is 19.8 Å². The highest BCUT2D eigenvalue weighted by Gasteiger charge is 2.55. The SMILES string of the molecule is CCCCCOC(C(=O)OCC)(C(=O)OCC)C(N)CCC(=O)OC(C)(C)C. The molecule has 2 N–H and O–H groups in total. The van der Waals surface area contributed by atoms with E-state index in [1.807, 2.05) is 6.92 Å². The number of esters is 3. The molecule has 8 heteroatoms. The van der Waals surface area contributed by atoms with E-state index >= 15 is 0 Å². The summed E-state index contributed by atoms with van der Waals surface area (Å²) >= 11 is 0. The zero-order valence-electron chi connectivity index (χ0n) is 18.2. The van der Waals surface area contributed by atoms with E-state index in [1.165, 1.54) is 0 Å². The Kier molecular flexibility index (Phi) is 12.0. The predicted octanol–water partition coefficient (Wildman–Crippen LogP) is 2.51. The van der Waals surface area contributed by atoms with Gasteiger partial charge >= 0.3 is 17.9 Å². The topological polar surface area (TPSA) is 114 Å². The second kappa shape index (κ2) is 12.7. The largest absolute Gasteiger partial charge is 0.463 e. The minimum Gasteiger partial charge on any atom is -0.463 e. The molecule has 0 saturated heterocycles. The Bertz CT molecular complexity index is 481. The average Bonchev–Trinajstić information content (AvgIpc) is 2.59. The van der Waals surface area contributed by atoms with Crippen molar-refractivity contribution in [2.45, 2.75) is 90.9 Å². The van der Waals surface area contributed by atoms with Gasteiger partial charge < -0.3 is 24.7 Å². The summed E-state index contributed by atoms with van der Waals surface area (Å²) in [6, 6.07) is -1.13. The third-order valence-corrected chi connectivity index (χ3v) is 3.84. The molecule has 0 radical (unpaired) electrons. The van der Waals surface area contributed by atoms with Gasteiger partial charge in [-0.3, -0.25) is 4.79 Å². The van der Waals surface area contributed by atoms with E-state index < -0.39 is 35.2 Å². The van der Waals surface area contributed by atoms with Crippen molar-refractivity contribution < 1.29 is 33.3 Å². The van der Waals surface area contributed by atoms with Crippen LogP contribution in [0.1, 0.15) is 73.6 Å². The van der Waals surface area contributed by atoms with Crippen LogP contribution < -0.4 is 5.73 Å². The first kappa shape index (κ1) is 26.3. The van der Waals surface area contributed by atoms with Gasteiger partial charge in [-0.05, 0) is 47.5 Å². The quantitative estimate of drug-likeness (QED) is 0.216. The molecule has 0 amide bonds. The molecule has 0 aliphatic carbocycles. The molecule has 0 bridgehead atoms. The van der Waals surface area contributed by atoms with Gasteiger partial charge in [-0.2, -0.15) is 0 Å². The van der Waals surface area contributed by atoms with Gasteiger partial charge in [0.1, 0.15) is 5.60 Å². The number of carbonyl (C=O) groups is 3. The fourth-order valence-electron chi connectivity index (χ4n) is 2.54. The van der Waals surface area contributed by atoms with Crippen LogP contribution in [0, 0.1) is 0 Å². The summed E-state index contributed by atoms with van der Waals surface area (Å²) in [5.74, 6) is -2.28. The molecule has 0 heterocycles. The zero-order valence-corrected chi connectivity index (χ0v) is 18.2. The van der Waals surface area contributed by atoms with Gasteiger partial charge in [-0.15, -0.1) is 0 Å². The summed E-state index contributed by atoms with van der Waals surface area (Å²) in [7, 11) is 0. The average molecular weight is 404 g/mol. The molecular weight excluding hydrogens is 366 g/mol. The first-order chi connectivity index (χ1) is 13.0. The van der Waals surface area contributed by atoms with E-state index in [9.17, 15) is 14.4 Å². The maximum Gasteiger partial charge on any atom is 0.352 e. The molecule has 8 nitrogen and oxygen atoms in total. The molecule has 1 unspecified atom stereocenters. The van der Waals surface area contributed by atoms with Gasteiger partial charge in [0.15, 0.2) is 0 Å². The van der Waals surface area contributed by atoms with E-state index in [-0.39, 0.29) is 32.7 Å². The molecule has 1 atom stereocenters. The standard InChI is InChI=1S/C20H37NO7/c1-7-10-11-14-27-20(17(23)25-8-2,18(24)26-9-3)15(21)12-13-16(22)28-19(4,5)6/h15H,7-14,21H2,1-6H3. The molecule has 0 aliphatic rings. The van der Waals surface area contributed by atoms with E-state index in [0.29, 0.717) is 6.42 Å². The van der Waals surface area contributed by atoms with Gasteiger partial charge in [0.05, 0.1) is 19.3 Å². The van der Waals surface area contributed by atoms with E-state index in [1.54, 1.807) is 34.6 Å². The van der Waals surface area contributed by atoms with Crippen molar-refractivity contribution in [3.63, 3.8) is 0 Å². The lowest BCUT2D eigenvalue weighted by Crippen LogP contribution is -2.62. The van der Waals surface area contributed by atoms with Crippen molar-refractivity contribution in [3.8, 4) is 0 Å². The van der Waals surface area contributed by atoms with E-state index in [0.717, 1.165) is 12.8 Å². The van der Waals surface area contributed by atoms with Crippen LogP contribution in [0.25, 0.3) is 0 Å². The summed E-state index contributed by atoms with van der Waals surface area (Å²) < 4.78 is 21.2. The fourth-order valence-corrected chi connectivity index (χ4v) is 2.54. The Morgan fingerprint density at radius 1 is 0.929 bits per heavy atom. The lowest BCUT2D eigenvalue weighted by molar-refractivity contribution is -0.195. The lowest BCUT2D eigenvalue weighted by atomic mass is 9.90. The smallest absolute Gasteiger partial charge is 0.352 e. The van der Waals surface area contributed by atoms with Crippen molar-refractivity contribution in [1.29, 1.82) is 0 Å². The molecule has 0 fully saturated rings. The summed E-state index contributed by atoms with van der Waals surface area (Å²) in [6.45, 7) is 10.8. The molecule has 0 rings (SSSR count).